The predicted octanol–water partition coefficient (Wildman–Crippen LogP) is 2.89. The highest BCUT2D eigenvalue weighted by molar-refractivity contribution is 9.39. The van der Waals surface area contributed by atoms with Crippen molar-refractivity contribution in [2.75, 3.05) is 0 Å². The minimum Gasteiger partial charge on any atom is -0.278 e. The Labute approximate surface area is 67.5 Å². The Morgan fingerprint density at radius 3 is 2.30 bits per heavy atom. The van der Waals surface area contributed by atoms with Gasteiger partial charge in [0.15, 0.2) is 0 Å². The zero-order valence-electron chi connectivity index (χ0n) is 5.60. The van der Waals surface area contributed by atoms with E-state index in [9.17, 15) is 8.76 Å². The van der Waals surface area contributed by atoms with Crippen LogP contribution in [-0.4, -0.2) is 5.60 Å². The van der Waals surface area contributed by atoms with E-state index in [1.165, 1.54) is 13.8 Å². The maximum absolute atomic E-state index is 12.2. The molecule has 1 atom stereocenters. The van der Waals surface area contributed by atoms with Crippen LogP contribution in [-0.2, 0) is 9.09 Å². The third-order valence-electron chi connectivity index (χ3n) is 0.682. The number of hydrogen-bond acceptors (Lipinski definition) is 2. The standard InChI is InChI=1S/C5H7BrFO2P/c1-4-5(2,3)9-10(6,7)8/h1H,2-3H3. The molecule has 0 fully saturated rings. The topological polar surface area (TPSA) is 26.3 Å². The smallest absolute Gasteiger partial charge is 0.278 e. The predicted molar refractivity (Wildman–Crippen MR) is 41.6 cm³/mol. The quantitative estimate of drug-likeness (QED) is 0.537. The molecular weight excluding hydrogens is 222 g/mol. The van der Waals surface area contributed by atoms with Gasteiger partial charge in [0.1, 0.15) is 5.60 Å². The lowest BCUT2D eigenvalue weighted by molar-refractivity contribution is 0.170. The summed E-state index contributed by atoms with van der Waals surface area (Å²) in [5.74, 6) is 2.13. The van der Waals surface area contributed by atoms with E-state index < -0.39 is 12.0 Å². The second-order valence-corrected chi connectivity index (χ2v) is 5.71. The molecule has 0 aliphatic heterocycles. The van der Waals surface area contributed by atoms with Crippen LogP contribution in [0.4, 0.5) is 4.20 Å². The SMILES string of the molecule is C#CC(C)(C)OP(=O)(F)Br. The zero-order valence-corrected chi connectivity index (χ0v) is 8.08. The van der Waals surface area contributed by atoms with Crippen molar-refractivity contribution in [1.82, 2.24) is 0 Å². The minimum atomic E-state index is -4.13. The minimum absolute atomic E-state index is 1.13. The molecule has 0 saturated carbocycles. The van der Waals surface area contributed by atoms with E-state index in [1.54, 1.807) is 0 Å². The van der Waals surface area contributed by atoms with Gasteiger partial charge in [-0.2, -0.15) is 0 Å². The lowest BCUT2D eigenvalue weighted by Gasteiger charge is -2.17. The highest BCUT2D eigenvalue weighted by atomic mass is 79.9. The van der Waals surface area contributed by atoms with Crippen molar-refractivity contribution < 1.29 is 13.3 Å². The fourth-order valence-electron chi connectivity index (χ4n) is 0.292. The first kappa shape index (κ1) is 10.2. The Balaban J connectivity index is 4.20. The molecule has 0 aromatic carbocycles. The summed E-state index contributed by atoms with van der Waals surface area (Å²) in [5.41, 5.74) is -1.13. The number of rotatable bonds is 2. The van der Waals surface area contributed by atoms with Gasteiger partial charge in [0.2, 0.25) is 0 Å². The van der Waals surface area contributed by atoms with Crippen LogP contribution in [0.2, 0.25) is 0 Å². The van der Waals surface area contributed by atoms with Gasteiger partial charge in [0, 0.05) is 0 Å². The molecule has 0 aromatic heterocycles. The molecule has 0 radical (unpaired) electrons. The molecule has 0 spiro atoms. The van der Waals surface area contributed by atoms with E-state index in [0.29, 0.717) is 0 Å². The Hall–Kier alpha value is 0.160. The molecular formula is C5H7BrFO2P. The summed E-state index contributed by atoms with van der Waals surface area (Å²) in [4.78, 5) is 0. The highest BCUT2D eigenvalue weighted by Crippen LogP contribution is 2.59. The van der Waals surface area contributed by atoms with Gasteiger partial charge >= 0.3 is 6.38 Å². The number of terminal acetylenes is 1. The molecule has 0 rings (SSSR count). The first-order chi connectivity index (χ1) is 4.27. The van der Waals surface area contributed by atoms with Gasteiger partial charge in [-0.05, 0) is 13.8 Å². The second kappa shape index (κ2) is 3.04. The first-order valence-corrected chi connectivity index (χ1v) is 5.98. The third-order valence-corrected chi connectivity index (χ3v) is 1.79. The lowest BCUT2D eigenvalue weighted by Crippen LogP contribution is -2.17. The summed E-state index contributed by atoms with van der Waals surface area (Å²) in [6.07, 6.45) is 0.796. The van der Waals surface area contributed by atoms with Crippen molar-refractivity contribution in [3.63, 3.8) is 0 Å². The van der Waals surface area contributed by atoms with Crippen LogP contribution in [0.3, 0.4) is 0 Å². The molecule has 0 heterocycles. The molecule has 0 aliphatic carbocycles. The Bertz CT molecular complexity index is 202. The first-order valence-electron chi connectivity index (χ1n) is 2.45. The molecule has 0 N–H and O–H groups in total. The van der Waals surface area contributed by atoms with E-state index in [4.69, 9.17) is 6.42 Å². The van der Waals surface area contributed by atoms with Crippen LogP contribution in [0.5, 0.6) is 0 Å². The second-order valence-electron chi connectivity index (χ2n) is 2.16. The van der Waals surface area contributed by atoms with E-state index in [-0.39, 0.29) is 0 Å². The lowest BCUT2D eigenvalue weighted by atomic mass is 10.2. The average Bonchev–Trinajstić information content (AvgIpc) is 1.60. The summed E-state index contributed by atoms with van der Waals surface area (Å²) >= 11 is 2.23. The van der Waals surface area contributed by atoms with E-state index in [2.05, 4.69) is 25.9 Å². The van der Waals surface area contributed by atoms with Gasteiger partial charge < -0.3 is 0 Å². The Morgan fingerprint density at radius 2 is 2.20 bits per heavy atom. The fraction of sp³-hybridized carbons (Fsp3) is 0.600. The van der Waals surface area contributed by atoms with Gasteiger partial charge in [-0.25, -0.2) is 4.57 Å². The van der Waals surface area contributed by atoms with Crippen LogP contribution in [0, 0.1) is 12.3 Å². The van der Waals surface area contributed by atoms with E-state index in [1.807, 2.05) is 0 Å². The van der Waals surface area contributed by atoms with Crippen molar-refractivity contribution in [1.29, 1.82) is 0 Å². The normalized spacial score (nSPS) is 17.5. The molecule has 58 valence electrons. The van der Waals surface area contributed by atoms with Crippen molar-refractivity contribution >= 4 is 21.9 Å². The maximum Gasteiger partial charge on any atom is 0.433 e. The fourth-order valence-corrected chi connectivity index (χ4v) is 1.96. The van der Waals surface area contributed by atoms with Crippen molar-refractivity contribution in [3.05, 3.63) is 0 Å². The van der Waals surface area contributed by atoms with Gasteiger partial charge in [-0.15, -0.1) is 10.6 Å². The van der Waals surface area contributed by atoms with Crippen LogP contribution in [0.25, 0.3) is 0 Å². The molecule has 0 aliphatic rings. The molecule has 2 nitrogen and oxygen atoms in total. The largest absolute Gasteiger partial charge is 0.433 e. The van der Waals surface area contributed by atoms with Gasteiger partial charge in [0.25, 0.3) is 0 Å². The summed E-state index contributed by atoms with van der Waals surface area (Å²) in [6.45, 7) is 2.89. The molecule has 0 saturated heterocycles. The van der Waals surface area contributed by atoms with Gasteiger partial charge in [0.05, 0.1) is 15.5 Å². The van der Waals surface area contributed by atoms with Crippen molar-refractivity contribution in [2.45, 2.75) is 19.4 Å². The third kappa shape index (κ3) is 4.99. The maximum atomic E-state index is 12.2. The average molecular weight is 229 g/mol. The summed E-state index contributed by atoms with van der Waals surface area (Å²) in [7, 11) is 0. The van der Waals surface area contributed by atoms with E-state index in [0.717, 1.165) is 0 Å². The zero-order chi connectivity index (χ0) is 8.41. The molecule has 0 aromatic rings. The molecule has 0 bridgehead atoms. The van der Waals surface area contributed by atoms with Crippen LogP contribution in [0.15, 0.2) is 0 Å². The van der Waals surface area contributed by atoms with E-state index >= 15 is 0 Å². The van der Waals surface area contributed by atoms with Crippen molar-refractivity contribution in [3.8, 4) is 12.3 Å². The summed E-state index contributed by atoms with van der Waals surface area (Å²) < 4.78 is 26.9. The highest BCUT2D eigenvalue weighted by Gasteiger charge is 2.27. The summed E-state index contributed by atoms with van der Waals surface area (Å²) in [5, 5.41) is 0. The van der Waals surface area contributed by atoms with Crippen LogP contribution < -0.4 is 0 Å². The molecule has 10 heavy (non-hydrogen) atoms. The number of hydrogen-bond donors (Lipinski definition) is 0. The Morgan fingerprint density at radius 1 is 1.80 bits per heavy atom. The van der Waals surface area contributed by atoms with Crippen molar-refractivity contribution in [2.24, 2.45) is 0 Å². The van der Waals surface area contributed by atoms with Crippen LogP contribution in [0.1, 0.15) is 13.8 Å². The summed E-state index contributed by atoms with van der Waals surface area (Å²) in [6, 6.07) is 0. The van der Waals surface area contributed by atoms with Gasteiger partial charge in [-0.3, -0.25) is 4.52 Å². The van der Waals surface area contributed by atoms with Gasteiger partial charge in [-0.1, -0.05) is 5.92 Å². The Kier molecular flexibility index (Phi) is 3.09. The molecule has 5 heteroatoms. The number of halogens is 2. The monoisotopic (exact) mass is 228 g/mol. The molecule has 0 amide bonds. The van der Waals surface area contributed by atoms with Crippen LogP contribution >= 0.6 is 21.9 Å². The molecule has 1 unspecified atom stereocenters.